The van der Waals surface area contributed by atoms with Gasteiger partial charge in [0.05, 0.1) is 12.7 Å². The maximum atomic E-state index is 6.02. The van der Waals surface area contributed by atoms with Gasteiger partial charge in [0.25, 0.3) is 0 Å². The third kappa shape index (κ3) is 5.13. The fourth-order valence-electron chi connectivity index (χ4n) is 3.06. The minimum atomic E-state index is 0.318. The lowest BCUT2D eigenvalue weighted by molar-refractivity contribution is -0.0390. The Balaban J connectivity index is 1.31. The summed E-state index contributed by atoms with van der Waals surface area (Å²) in [6, 6.07) is 18.5. The average molecular weight is 382 g/mol. The molecule has 0 atom stereocenters. The number of nitrogens with one attached hydrogen (secondary N) is 1. The van der Waals surface area contributed by atoms with E-state index >= 15 is 0 Å². The molecule has 2 heterocycles. The molecule has 0 aliphatic carbocycles. The molecule has 3 aromatic rings. The monoisotopic (exact) mass is 381 g/mol. The summed E-state index contributed by atoms with van der Waals surface area (Å²) in [5, 5.41) is 4.20. The van der Waals surface area contributed by atoms with Crippen LogP contribution in [-0.4, -0.2) is 28.7 Å². The van der Waals surface area contributed by atoms with Gasteiger partial charge < -0.3 is 14.8 Å². The molecule has 1 aromatic heterocycles. The van der Waals surface area contributed by atoms with Crippen molar-refractivity contribution in [2.75, 3.05) is 18.5 Å². The zero-order chi connectivity index (χ0) is 18.3. The van der Waals surface area contributed by atoms with Gasteiger partial charge >= 0.3 is 0 Å². The molecule has 2 aromatic carbocycles. The zero-order valence-corrected chi connectivity index (χ0v) is 16.0. The van der Waals surface area contributed by atoms with Crippen molar-refractivity contribution in [1.82, 2.24) is 9.36 Å². The predicted molar refractivity (Wildman–Crippen MR) is 108 cm³/mol. The second-order valence-electron chi connectivity index (χ2n) is 6.59. The van der Waals surface area contributed by atoms with Gasteiger partial charge in [-0.2, -0.15) is 9.36 Å². The van der Waals surface area contributed by atoms with E-state index in [0.29, 0.717) is 19.3 Å². The first-order chi connectivity index (χ1) is 13.4. The van der Waals surface area contributed by atoms with E-state index in [9.17, 15) is 0 Å². The summed E-state index contributed by atoms with van der Waals surface area (Å²) in [6.45, 7) is 2.98. The summed E-state index contributed by atoms with van der Waals surface area (Å²) in [5.74, 6) is 0.765. The topological polar surface area (TPSA) is 56.3 Å². The first-order valence-electron chi connectivity index (χ1n) is 9.27. The van der Waals surface area contributed by atoms with Crippen LogP contribution in [0.4, 0.5) is 5.13 Å². The van der Waals surface area contributed by atoms with Crippen molar-refractivity contribution in [2.24, 2.45) is 0 Å². The van der Waals surface area contributed by atoms with Gasteiger partial charge in [0.2, 0.25) is 5.13 Å². The highest BCUT2D eigenvalue weighted by atomic mass is 32.1. The van der Waals surface area contributed by atoms with E-state index in [2.05, 4.69) is 38.9 Å². The first kappa shape index (κ1) is 18.1. The smallest absolute Gasteiger partial charge is 0.203 e. The number of aromatic nitrogens is 2. The molecule has 1 aliphatic rings. The molecule has 4 rings (SSSR count). The number of ether oxygens (including phenoxy) is 2. The van der Waals surface area contributed by atoms with Crippen molar-refractivity contribution in [3.05, 3.63) is 65.7 Å². The van der Waals surface area contributed by atoms with Gasteiger partial charge in [0.1, 0.15) is 0 Å². The van der Waals surface area contributed by atoms with E-state index in [1.807, 2.05) is 30.3 Å². The van der Waals surface area contributed by atoms with Gasteiger partial charge in [-0.3, -0.25) is 0 Å². The molecule has 0 unspecified atom stereocenters. The molecule has 1 fully saturated rings. The second kappa shape index (κ2) is 9.08. The summed E-state index contributed by atoms with van der Waals surface area (Å²) >= 11 is 1.39. The fraction of sp³-hybridized carbons (Fsp3) is 0.333. The highest BCUT2D eigenvalue weighted by Crippen LogP contribution is 2.21. The van der Waals surface area contributed by atoms with Crippen LogP contribution >= 0.6 is 11.5 Å². The van der Waals surface area contributed by atoms with Crippen molar-refractivity contribution in [3.8, 4) is 11.4 Å². The van der Waals surface area contributed by atoms with E-state index in [4.69, 9.17) is 9.47 Å². The molecule has 0 amide bonds. The number of hydrogen-bond donors (Lipinski definition) is 1. The highest BCUT2D eigenvalue weighted by Gasteiger charge is 2.14. The summed E-state index contributed by atoms with van der Waals surface area (Å²) in [7, 11) is 0. The Bertz CT molecular complexity index is 847. The van der Waals surface area contributed by atoms with Crippen LogP contribution in [0.5, 0.6) is 0 Å². The lowest BCUT2D eigenvalue weighted by Crippen LogP contribution is -2.23. The number of benzene rings is 2. The summed E-state index contributed by atoms with van der Waals surface area (Å²) < 4.78 is 15.8. The van der Waals surface area contributed by atoms with Gasteiger partial charge in [-0.1, -0.05) is 54.6 Å². The van der Waals surface area contributed by atoms with Gasteiger partial charge in [-0.15, -0.1) is 0 Å². The zero-order valence-electron chi connectivity index (χ0n) is 15.1. The Morgan fingerprint density at radius 3 is 2.70 bits per heavy atom. The van der Waals surface area contributed by atoms with Crippen LogP contribution < -0.4 is 5.32 Å². The molecule has 140 valence electrons. The van der Waals surface area contributed by atoms with Gasteiger partial charge in [-0.05, 0) is 24.0 Å². The largest absolute Gasteiger partial charge is 0.381 e. The summed E-state index contributed by atoms with van der Waals surface area (Å²) in [6.07, 6.45) is 2.29. The van der Waals surface area contributed by atoms with E-state index in [1.54, 1.807) is 0 Å². The van der Waals surface area contributed by atoms with Crippen molar-refractivity contribution >= 4 is 16.7 Å². The van der Waals surface area contributed by atoms with Crippen molar-refractivity contribution < 1.29 is 9.47 Å². The Morgan fingerprint density at radius 1 is 1.04 bits per heavy atom. The summed E-state index contributed by atoms with van der Waals surface area (Å²) in [4.78, 5) is 4.58. The van der Waals surface area contributed by atoms with Crippen LogP contribution in [0.2, 0.25) is 0 Å². The third-order valence-electron chi connectivity index (χ3n) is 4.55. The van der Waals surface area contributed by atoms with Crippen LogP contribution in [0.1, 0.15) is 24.0 Å². The van der Waals surface area contributed by atoms with E-state index in [0.717, 1.165) is 42.6 Å². The molecule has 0 bridgehead atoms. The minimum Gasteiger partial charge on any atom is -0.381 e. The predicted octanol–water partition coefficient (Wildman–Crippen LogP) is 4.51. The Morgan fingerprint density at radius 2 is 1.85 bits per heavy atom. The molecule has 1 N–H and O–H groups in total. The number of anilines is 1. The van der Waals surface area contributed by atoms with Crippen LogP contribution in [-0.2, 0) is 22.6 Å². The van der Waals surface area contributed by atoms with E-state index < -0.39 is 0 Å². The van der Waals surface area contributed by atoms with Crippen LogP contribution in [0.3, 0.4) is 0 Å². The Kier molecular flexibility index (Phi) is 6.09. The van der Waals surface area contributed by atoms with Crippen LogP contribution in [0, 0.1) is 0 Å². The molecule has 1 saturated heterocycles. The average Bonchev–Trinajstić information content (AvgIpc) is 3.22. The fourth-order valence-corrected chi connectivity index (χ4v) is 3.65. The van der Waals surface area contributed by atoms with Gasteiger partial charge in [0.15, 0.2) is 5.82 Å². The molecule has 1 aliphatic heterocycles. The SMILES string of the molecule is c1ccc(-c2nsc(NCc3cccc(COC4CCOCC4)c3)n2)cc1. The first-order valence-corrected chi connectivity index (χ1v) is 10.0. The standard InChI is InChI=1S/C21H23N3O2S/c1-2-7-18(8-3-1)20-23-21(27-24-20)22-14-16-5-4-6-17(13-16)15-26-19-9-11-25-12-10-19/h1-8,13,19H,9-12,14-15H2,(H,22,23,24). The molecule has 5 nitrogen and oxygen atoms in total. The molecule has 0 radical (unpaired) electrons. The molecule has 0 saturated carbocycles. The van der Waals surface area contributed by atoms with Crippen molar-refractivity contribution in [2.45, 2.75) is 32.1 Å². The van der Waals surface area contributed by atoms with Gasteiger partial charge in [-0.25, -0.2) is 0 Å². The number of rotatable bonds is 7. The molecular formula is C21H23N3O2S. The highest BCUT2D eigenvalue weighted by molar-refractivity contribution is 7.09. The summed E-state index contributed by atoms with van der Waals surface area (Å²) in [5.41, 5.74) is 3.44. The van der Waals surface area contributed by atoms with Crippen LogP contribution in [0.25, 0.3) is 11.4 Å². The van der Waals surface area contributed by atoms with E-state index in [-0.39, 0.29) is 0 Å². The Labute approximate surface area is 163 Å². The molecule has 0 spiro atoms. The maximum Gasteiger partial charge on any atom is 0.203 e. The van der Waals surface area contributed by atoms with Crippen LogP contribution in [0.15, 0.2) is 54.6 Å². The molecule has 6 heteroatoms. The normalized spacial score (nSPS) is 15.0. The quantitative estimate of drug-likeness (QED) is 0.652. The second-order valence-corrected chi connectivity index (χ2v) is 7.34. The third-order valence-corrected chi connectivity index (χ3v) is 5.22. The minimum absolute atomic E-state index is 0.318. The van der Waals surface area contributed by atoms with Crippen molar-refractivity contribution in [3.63, 3.8) is 0 Å². The maximum absolute atomic E-state index is 6.02. The lowest BCUT2D eigenvalue weighted by atomic mass is 10.1. The number of hydrogen-bond acceptors (Lipinski definition) is 6. The lowest BCUT2D eigenvalue weighted by Gasteiger charge is -2.22. The molecular weight excluding hydrogens is 358 g/mol. The van der Waals surface area contributed by atoms with Gasteiger partial charge in [0, 0.05) is 36.9 Å². The van der Waals surface area contributed by atoms with E-state index in [1.165, 1.54) is 22.7 Å². The van der Waals surface area contributed by atoms with Crippen molar-refractivity contribution in [1.29, 1.82) is 0 Å². The Hall–Kier alpha value is -2.28. The number of nitrogens with zero attached hydrogens (tertiary/aromatic N) is 2. The molecule has 27 heavy (non-hydrogen) atoms.